The van der Waals surface area contributed by atoms with Crippen molar-refractivity contribution in [1.82, 2.24) is 4.31 Å². The first-order chi connectivity index (χ1) is 13.9. The SMILES string of the molecule is CCCCCCCCCCS(=O)(=O)N1CC[N+](CC)(Cc2ccc(F)cc2)CC1. The van der Waals surface area contributed by atoms with Crippen LogP contribution in [0.4, 0.5) is 4.39 Å². The van der Waals surface area contributed by atoms with Crippen LogP contribution in [0.1, 0.15) is 70.8 Å². The lowest BCUT2D eigenvalue weighted by Gasteiger charge is -2.44. The van der Waals surface area contributed by atoms with E-state index in [9.17, 15) is 12.8 Å². The predicted molar refractivity (Wildman–Crippen MR) is 119 cm³/mol. The van der Waals surface area contributed by atoms with Crippen LogP contribution >= 0.6 is 0 Å². The van der Waals surface area contributed by atoms with E-state index in [1.807, 2.05) is 12.1 Å². The van der Waals surface area contributed by atoms with E-state index in [1.54, 1.807) is 4.31 Å². The van der Waals surface area contributed by atoms with Crippen LogP contribution in [0.3, 0.4) is 0 Å². The Labute approximate surface area is 177 Å². The van der Waals surface area contributed by atoms with Crippen LogP contribution in [0.2, 0.25) is 0 Å². The van der Waals surface area contributed by atoms with Gasteiger partial charge in [-0.2, -0.15) is 4.31 Å². The summed E-state index contributed by atoms with van der Waals surface area (Å²) in [5, 5.41) is 0. The number of rotatable bonds is 13. The average Bonchev–Trinajstić information content (AvgIpc) is 2.72. The molecule has 1 aromatic rings. The summed E-state index contributed by atoms with van der Waals surface area (Å²) < 4.78 is 41.2. The van der Waals surface area contributed by atoms with Gasteiger partial charge in [0.05, 0.1) is 38.5 Å². The molecule has 0 atom stereocenters. The summed E-state index contributed by atoms with van der Waals surface area (Å²) in [4.78, 5) is 0. The molecule has 1 aliphatic heterocycles. The maximum Gasteiger partial charge on any atom is 0.214 e. The summed E-state index contributed by atoms with van der Waals surface area (Å²) >= 11 is 0. The van der Waals surface area contributed by atoms with Crippen molar-refractivity contribution in [3.63, 3.8) is 0 Å². The van der Waals surface area contributed by atoms with E-state index < -0.39 is 10.0 Å². The van der Waals surface area contributed by atoms with E-state index >= 15 is 0 Å². The van der Waals surface area contributed by atoms with Crippen molar-refractivity contribution in [3.05, 3.63) is 35.6 Å². The number of unbranched alkanes of at least 4 members (excludes halogenated alkanes) is 7. The van der Waals surface area contributed by atoms with Crippen molar-refractivity contribution in [2.45, 2.75) is 71.8 Å². The van der Waals surface area contributed by atoms with E-state index in [0.29, 0.717) is 13.1 Å². The molecular formula is C23H40FN2O2S+. The molecule has 166 valence electrons. The first-order valence-electron chi connectivity index (χ1n) is 11.5. The fourth-order valence-corrected chi connectivity index (χ4v) is 5.81. The van der Waals surface area contributed by atoms with Crippen molar-refractivity contribution in [3.8, 4) is 0 Å². The lowest BCUT2D eigenvalue weighted by Crippen LogP contribution is -2.60. The lowest BCUT2D eigenvalue weighted by atomic mass is 10.1. The minimum Gasteiger partial charge on any atom is -0.318 e. The number of halogens is 1. The van der Waals surface area contributed by atoms with Crippen molar-refractivity contribution in [1.29, 1.82) is 0 Å². The van der Waals surface area contributed by atoms with Gasteiger partial charge in [-0.05, 0) is 25.5 Å². The standard InChI is InChI=1S/C23H40FN2O2S/c1-3-5-6-7-8-9-10-11-20-29(27,28)25-16-18-26(4-2,19-17-25)21-22-12-14-23(24)15-13-22/h12-15H,3-11,16-21H2,1-2H3/q+1. The van der Waals surface area contributed by atoms with Gasteiger partial charge in [0.1, 0.15) is 12.4 Å². The van der Waals surface area contributed by atoms with Gasteiger partial charge in [-0.1, -0.05) is 64.0 Å². The number of hydrogen-bond donors (Lipinski definition) is 0. The van der Waals surface area contributed by atoms with Crippen LogP contribution in [0, 0.1) is 5.82 Å². The van der Waals surface area contributed by atoms with E-state index in [4.69, 9.17) is 0 Å². The normalized spacial score (nSPS) is 17.5. The van der Waals surface area contributed by atoms with Gasteiger partial charge < -0.3 is 4.48 Å². The molecule has 0 spiro atoms. The highest BCUT2D eigenvalue weighted by Crippen LogP contribution is 2.21. The van der Waals surface area contributed by atoms with E-state index in [0.717, 1.165) is 55.5 Å². The molecule has 0 saturated carbocycles. The average molecular weight is 428 g/mol. The number of hydrogen-bond acceptors (Lipinski definition) is 2. The van der Waals surface area contributed by atoms with Crippen molar-refractivity contribution >= 4 is 10.0 Å². The zero-order valence-electron chi connectivity index (χ0n) is 18.4. The van der Waals surface area contributed by atoms with Gasteiger partial charge in [0.15, 0.2) is 0 Å². The predicted octanol–water partition coefficient (Wildman–Crippen LogP) is 4.95. The number of quaternary nitrogens is 1. The topological polar surface area (TPSA) is 37.4 Å². The molecule has 0 unspecified atom stereocenters. The second-order valence-corrected chi connectivity index (χ2v) is 10.7. The fraction of sp³-hybridized carbons (Fsp3) is 0.739. The lowest BCUT2D eigenvalue weighted by molar-refractivity contribution is -0.942. The van der Waals surface area contributed by atoms with Crippen molar-refractivity contribution in [2.75, 3.05) is 38.5 Å². The van der Waals surface area contributed by atoms with Gasteiger partial charge in [0, 0.05) is 5.56 Å². The van der Waals surface area contributed by atoms with Gasteiger partial charge in [-0.25, -0.2) is 12.8 Å². The van der Waals surface area contributed by atoms with Gasteiger partial charge in [0.2, 0.25) is 10.0 Å². The third kappa shape index (κ3) is 7.99. The summed E-state index contributed by atoms with van der Waals surface area (Å²) in [5.41, 5.74) is 1.11. The van der Waals surface area contributed by atoms with Gasteiger partial charge in [0.25, 0.3) is 0 Å². The first-order valence-corrected chi connectivity index (χ1v) is 13.1. The van der Waals surface area contributed by atoms with Crippen LogP contribution in [0.5, 0.6) is 0 Å². The number of likely N-dealkylation sites (N-methyl/N-ethyl adjacent to an activating group) is 1. The van der Waals surface area contributed by atoms with E-state index in [1.165, 1.54) is 44.2 Å². The molecule has 0 aromatic heterocycles. The molecule has 1 fully saturated rings. The maximum atomic E-state index is 13.2. The molecule has 1 aromatic carbocycles. The molecule has 1 aliphatic rings. The molecule has 0 amide bonds. The summed E-state index contributed by atoms with van der Waals surface area (Å²) in [6.07, 6.45) is 9.30. The maximum absolute atomic E-state index is 13.2. The van der Waals surface area contributed by atoms with Gasteiger partial charge >= 0.3 is 0 Å². The summed E-state index contributed by atoms with van der Waals surface area (Å²) in [6.45, 7) is 9.01. The zero-order valence-corrected chi connectivity index (χ0v) is 19.2. The molecule has 1 saturated heterocycles. The van der Waals surface area contributed by atoms with Crippen LogP contribution in [0.15, 0.2) is 24.3 Å². The minimum atomic E-state index is -3.15. The third-order valence-electron chi connectivity index (χ3n) is 6.40. The molecule has 2 rings (SSSR count). The molecule has 0 radical (unpaired) electrons. The number of piperazine rings is 1. The number of sulfonamides is 1. The van der Waals surface area contributed by atoms with Crippen LogP contribution in [-0.4, -0.2) is 55.7 Å². The highest BCUT2D eigenvalue weighted by molar-refractivity contribution is 7.89. The Hall–Kier alpha value is -0.980. The highest BCUT2D eigenvalue weighted by Gasteiger charge is 2.35. The fourth-order valence-electron chi connectivity index (χ4n) is 4.26. The molecule has 0 bridgehead atoms. The van der Waals surface area contributed by atoms with E-state index in [2.05, 4.69) is 13.8 Å². The number of benzene rings is 1. The quantitative estimate of drug-likeness (QED) is 0.330. The van der Waals surface area contributed by atoms with Gasteiger partial charge in [-0.15, -0.1) is 0 Å². The third-order valence-corrected chi connectivity index (χ3v) is 8.36. The van der Waals surface area contributed by atoms with Crippen LogP contribution in [0.25, 0.3) is 0 Å². The zero-order chi connectivity index (χ0) is 21.2. The molecule has 29 heavy (non-hydrogen) atoms. The Morgan fingerprint density at radius 1 is 0.897 bits per heavy atom. The van der Waals surface area contributed by atoms with Crippen molar-refractivity contribution < 1.29 is 17.3 Å². The van der Waals surface area contributed by atoms with E-state index in [-0.39, 0.29) is 11.6 Å². The summed E-state index contributed by atoms with van der Waals surface area (Å²) in [5.74, 6) is 0.0696. The van der Waals surface area contributed by atoms with Crippen LogP contribution in [-0.2, 0) is 16.6 Å². The smallest absolute Gasteiger partial charge is 0.214 e. The Morgan fingerprint density at radius 2 is 1.45 bits per heavy atom. The monoisotopic (exact) mass is 427 g/mol. The molecule has 4 nitrogen and oxygen atoms in total. The molecule has 0 aliphatic carbocycles. The Morgan fingerprint density at radius 3 is 2.00 bits per heavy atom. The largest absolute Gasteiger partial charge is 0.318 e. The molecular weight excluding hydrogens is 387 g/mol. The summed E-state index contributed by atoms with van der Waals surface area (Å²) in [6, 6.07) is 6.70. The second kappa shape index (κ2) is 12.0. The van der Waals surface area contributed by atoms with Crippen LogP contribution < -0.4 is 0 Å². The minimum absolute atomic E-state index is 0.214. The number of nitrogens with zero attached hydrogens (tertiary/aromatic N) is 2. The molecule has 1 heterocycles. The Bertz CT molecular complexity index is 683. The van der Waals surface area contributed by atoms with Crippen molar-refractivity contribution in [2.24, 2.45) is 0 Å². The first kappa shape index (κ1) is 24.3. The highest BCUT2D eigenvalue weighted by atomic mass is 32.2. The Balaban J connectivity index is 1.75. The second-order valence-electron chi connectivity index (χ2n) is 8.58. The molecule has 6 heteroatoms. The summed E-state index contributed by atoms with van der Waals surface area (Å²) in [7, 11) is -3.15. The van der Waals surface area contributed by atoms with Gasteiger partial charge in [-0.3, -0.25) is 0 Å². The molecule has 0 N–H and O–H groups in total. The Kier molecular flexibility index (Phi) is 10.1.